The van der Waals surface area contributed by atoms with Crippen molar-refractivity contribution in [2.45, 2.75) is 32.0 Å². The SMILES string of the molecule is O=C1CCC(N2Cc3ccc(-n4cc(C(=O)NCc5ccc6nc[nH]c6c5)nn4)cc3C2=O)C(=O)N1. The predicted octanol–water partition coefficient (Wildman–Crippen LogP) is 0.835. The molecular weight excluding hydrogens is 464 g/mol. The van der Waals surface area contributed by atoms with E-state index >= 15 is 0 Å². The molecule has 0 aliphatic carbocycles. The average Bonchev–Trinajstić information content (AvgIpc) is 3.61. The van der Waals surface area contributed by atoms with Gasteiger partial charge in [0.25, 0.3) is 11.8 Å². The first-order valence-electron chi connectivity index (χ1n) is 11.4. The molecule has 180 valence electrons. The van der Waals surface area contributed by atoms with E-state index in [1.165, 1.54) is 15.8 Å². The number of nitrogens with one attached hydrogen (secondary N) is 3. The van der Waals surface area contributed by atoms with Crippen molar-refractivity contribution in [1.29, 1.82) is 0 Å². The summed E-state index contributed by atoms with van der Waals surface area (Å²) in [5.41, 5.74) is 4.56. The number of benzene rings is 2. The number of amides is 4. The van der Waals surface area contributed by atoms with Crippen LogP contribution >= 0.6 is 0 Å². The van der Waals surface area contributed by atoms with Crippen LogP contribution in [-0.2, 0) is 22.7 Å². The fraction of sp³-hybridized carbons (Fsp3) is 0.208. The molecule has 3 N–H and O–H groups in total. The predicted molar refractivity (Wildman–Crippen MR) is 125 cm³/mol. The topological polar surface area (TPSA) is 155 Å². The Morgan fingerprint density at radius 1 is 1.14 bits per heavy atom. The van der Waals surface area contributed by atoms with Gasteiger partial charge < -0.3 is 15.2 Å². The fourth-order valence-electron chi connectivity index (χ4n) is 4.54. The average molecular weight is 484 g/mol. The number of piperidine rings is 1. The van der Waals surface area contributed by atoms with Gasteiger partial charge in [-0.3, -0.25) is 24.5 Å². The Morgan fingerprint density at radius 3 is 2.89 bits per heavy atom. The number of hydrogen-bond donors (Lipinski definition) is 3. The summed E-state index contributed by atoms with van der Waals surface area (Å²) in [6.45, 7) is 0.597. The van der Waals surface area contributed by atoms with Crippen LogP contribution in [0.15, 0.2) is 48.9 Å². The summed E-state index contributed by atoms with van der Waals surface area (Å²) < 4.78 is 1.42. The summed E-state index contributed by atoms with van der Waals surface area (Å²) in [6, 6.07) is 10.2. The zero-order valence-electron chi connectivity index (χ0n) is 18.9. The second kappa shape index (κ2) is 8.41. The molecule has 0 radical (unpaired) electrons. The van der Waals surface area contributed by atoms with Crippen LogP contribution in [0.1, 0.15) is 44.8 Å². The first-order valence-corrected chi connectivity index (χ1v) is 11.4. The standard InChI is InChI=1S/C24H20N8O4/c33-21-6-5-20(23(35)28-21)31-10-14-2-3-15(8-16(14)24(31)36)32-11-19(29-30-32)22(34)25-9-13-1-4-17-18(7-13)27-12-26-17/h1-4,7-8,11-12,20H,5-6,9-10H2,(H,25,34)(H,26,27)(H,28,33,35). The molecule has 1 atom stereocenters. The van der Waals surface area contributed by atoms with Crippen molar-refractivity contribution in [2.24, 2.45) is 0 Å². The highest BCUT2D eigenvalue weighted by atomic mass is 16.2. The maximum absolute atomic E-state index is 13.0. The Bertz CT molecular complexity index is 1550. The van der Waals surface area contributed by atoms with Gasteiger partial charge in [-0.1, -0.05) is 17.3 Å². The zero-order valence-corrected chi connectivity index (χ0v) is 18.9. The van der Waals surface area contributed by atoms with E-state index in [0.29, 0.717) is 24.2 Å². The van der Waals surface area contributed by atoms with Crippen LogP contribution in [0.3, 0.4) is 0 Å². The third kappa shape index (κ3) is 3.78. The highest BCUT2D eigenvalue weighted by molar-refractivity contribution is 6.05. The molecule has 2 aliphatic heterocycles. The van der Waals surface area contributed by atoms with Crippen LogP contribution in [0.4, 0.5) is 0 Å². The van der Waals surface area contributed by atoms with Gasteiger partial charge in [-0.2, -0.15) is 0 Å². The summed E-state index contributed by atoms with van der Waals surface area (Å²) in [5, 5.41) is 13.1. The second-order valence-corrected chi connectivity index (χ2v) is 8.73. The van der Waals surface area contributed by atoms with Gasteiger partial charge in [0, 0.05) is 25.1 Å². The van der Waals surface area contributed by atoms with Crippen molar-refractivity contribution in [3.05, 3.63) is 71.3 Å². The van der Waals surface area contributed by atoms with Gasteiger partial charge in [0.05, 0.1) is 29.2 Å². The Labute approximate surface area is 203 Å². The lowest BCUT2D eigenvalue weighted by Crippen LogP contribution is -2.52. The normalized spacial score (nSPS) is 17.4. The third-order valence-corrected chi connectivity index (χ3v) is 6.44. The molecular formula is C24H20N8O4. The maximum atomic E-state index is 13.0. The van der Waals surface area contributed by atoms with E-state index < -0.39 is 11.9 Å². The number of carbonyl (C=O) groups is 4. The van der Waals surface area contributed by atoms with E-state index in [0.717, 1.165) is 22.2 Å². The van der Waals surface area contributed by atoms with Crippen molar-refractivity contribution in [2.75, 3.05) is 0 Å². The molecule has 0 spiro atoms. The monoisotopic (exact) mass is 484 g/mol. The number of aromatic nitrogens is 5. The molecule has 1 saturated heterocycles. The Balaban J connectivity index is 1.15. The van der Waals surface area contributed by atoms with Crippen LogP contribution in [0.25, 0.3) is 16.7 Å². The highest BCUT2D eigenvalue weighted by Crippen LogP contribution is 2.29. The van der Waals surface area contributed by atoms with Crippen LogP contribution in [0, 0.1) is 0 Å². The van der Waals surface area contributed by atoms with Gasteiger partial charge in [-0.15, -0.1) is 5.10 Å². The summed E-state index contributed by atoms with van der Waals surface area (Å²) in [4.78, 5) is 58.1. The molecule has 4 amide bonds. The van der Waals surface area contributed by atoms with Gasteiger partial charge >= 0.3 is 0 Å². The molecule has 36 heavy (non-hydrogen) atoms. The quantitative estimate of drug-likeness (QED) is 0.355. The molecule has 2 aliphatic rings. The molecule has 0 saturated carbocycles. The number of carbonyl (C=O) groups excluding carboxylic acids is 4. The number of H-pyrrole nitrogens is 1. The van der Waals surface area contributed by atoms with E-state index in [4.69, 9.17) is 0 Å². The first-order chi connectivity index (χ1) is 17.5. The minimum Gasteiger partial charge on any atom is -0.347 e. The van der Waals surface area contributed by atoms with Crippen molar-refractivity contribution in [1.82, 2.24) is 40.5 Å². The summed E-state index contributed by atoms with van der Waals surface area (Å²) in [6.07, 6.45) is 3.61. The number of nitrogens with zero attached hydrogens (tertiary/aromatic N) is 5. The number of fused-ring (bicyclic) bond motifs is 2. The number of imidazole rings is 1. The number of imide groups is 1. The molecule has 12 nitrogen and oxygen atoms in total. The molecule has 12 heteroatoms. The maximum Gasteiger partial charge on any atom is 0.273 e. The van der Waals surface area contributed by atoms with Gasteiger partial charge in [0.1, 0.15) is 6.04 Å². The van der Waals surface area contributed by atoms with E-state index in [9.17, 15) is 19.2 Å². The Morgan fingerprint density at radius 2 is 2.03 bits per heavy atom. The number of rotatable bonds is 5. The lowest BCUT2D eigenvalue weighted by molar-refractivity contribution is -0.136. The van der Waals surface area contributed by atoms with Crippen LogP contribution in [0.2, 0.25) is 0 Å². The Hall–Kier alpha value is -4.87. The zero-order chi connectivity index (χ0) is 24.8. The minimum atomic E-state index is -0.679. The summed E-state index contributed by atoms with van der Waals surface area (Å²) in [5.74, 6) is -1.45. The third-order valence-electron chi connectivity index (χ3n) is 6.44. The fourth-order valence-corrected chi connectivity index (χ4v) is 4.54. The van der Waals surface area contributed by atoms with E-state index in [-0.39, 0.29) is 36.4 Å². The lowest BCUT2D eigenvalue weighted by Gasteiger charge is -2.29. The van der Waals surface area contributed by atoms with Crippen molar-refractivity contribution < 1.29 is 19.2 Å². The first kappa shape index (κ1) is 21.6. The van der Waals surface area contributed by atoms with Crippen LogP contribution < -0.4 is 10.6 Å². The van der Waals surface area contributed by atoms with E-state index in [1.807, 2.05) is 18.2 Å². The van der Waals surface area contributed by atoms with Crippen molar-refractivity contribution in [3.8, 4) is 5.69 Å². The molecule has 1 unspecified atom stereocenters. The molecule has 2 aromatic carbocycles. The lowest BCUT2D eigenvalue weighted by atomic mass is 10.0. The smallest absolute Gasteiger partial charge is 0.273 e. The van der Waals surface area contributed by atoms with Crippen molar-refractivity contribution in [3.63, 3.8) is 0 Å². The number of aromatic amines is 1. The molecule has 6 rings (SSSR count). The Kier molecular flexibility index (Phi) is 5.06. The van der Waals surface area contributed by atoms with Gasteiger partial charge in [0.2, 0.25) is 11.8 Å². The summed E-state index contributed by atoms with van der Waals surface area (Å²) >= 11 is 0. The summed E-state index contributed by atoms with van der Waals surface area (Å²) in [7, 11) is 0. The van der Waals surface area contributed by atoms with Gasteiger partial charge in [-0.05, 0) is 41.8 Å². The number of hydrogen-bond acceptors (Lipinski definition) is 7. The van der Waals surface area contributed by atoms with E-state index in [1.54, 1.807) is 24.5 Å². The van der Waals surface area contributed by atoms with Crippen molar-refractivity contribution >= 4 is 34.7 Å². The molecule has 1 fully saturated rings. The van der Waals surface area contributed by atoms with E-state index in [2.05, 4.69) is 30.9 Å². The van der Waals surface area contributed by atoms with Gasteiger partial charge in [0.15, 0.2) is 5.69 Å². The molecule has 2 aromatic heterocycles. The largest absolute Gasteiger partial charge is 0.347 e. The van der Waals surface area contributed by atoms with Crippen LogP contribution in [0.5, 0.6) is 0 Å². The second-order valence-electron chi connectivity index (χ2n) is 8.73. The molecule has 4 heterocycles. The molecule has 4 aromatic rings. The van der Waals surface area contributed by atoms with Gasteiger partial charge in [-0.25, -0.2) is 9.67 Å². The minimum absolute atomic E-state index is 0.134. The molecule has 0 bridgehead atoms. The highest BCUT2D eigenvalue weighted by Gasteiger charge is 2.39. The van der Waals surface area contributed by atoms with Crippen LogP contribution in [-0.4, -0.2) is 59.5 Å².